The lowest BCUT2D eigenvalue weighted by atomic mass is 10.1. The molecule has 1 saturated heterocycles. The van der Waals surface area contributed by atoms with Gasteiger partial charge in [-0.15, -0.1) is 0 Å². The van der Waals surface area contributed by atoms with Crippen molar-refractivity contribution in [3.05, 3.63) is 76.4 Å². The van der Waals surface area contributed by atoms with Crippen molar-refractivity contribution in [1.29, 1.82) is 0 Å². The number of anilines is 3. The Balaban J connectivity index is 1.42. The smallest absolute Gasteiger partial charge is 0.288 e. The zero-order valence-electron chi connectivity index (χ0n) is 19.5. The first-order chi connectivity index (χ1) is 16.9. The van der Waals surface area contributed by atoms with Crippen LogP contribution >= 0.6 is 0 Å². The molecule has 0 amide bonds. The second-order valence-electron chi connectivity index (χ2n) is 8.79. The summed E-state index contributed by atoms with van der Waals surface area (Å²) in [5, 5.41) is 3.15. The molecular formula is C26H24F2N6O. The molecule has 0 atom stereocenters. The van der Waals surface area contributed by atoms with Crippen molar-refractivity contribution in [2.24, 2.45) is 0 Å². The quantitative estimate of drug-likeness (QED) is 0.489. The standard InChI is InChI=1S/C26H24F2N6O/c1-16-11-19-20(12-16)23(28)22(14-21(19)27)35-26-24(29-2)25(30-15-31-26)32-17-5-4-6-18(13-17)34-9-7-33(3)8-10-34/h4-6,12-15H,7-11H2,1,3H3,(H,30,31,32). The number of piperazine rings is 1. The van der Waals surface area contributed by atoms with Crippen LogP contribution < -0.4 is 15.0 Å². The Kier molecular flexibility index (Phi) is 6.05. The Bertz CT molecular complexity index is 1360. The minimum atomic E-state index is -0.679. The maximum atomic E-state index is 15.1. The number of nitrogens with zero attached hydrogens (tertiary/aromatic N) is 5. The van der Waals surface area contributed by atoms with Crippen LogP contribution in [0.1, 0.15) is 18.1 Å². The second-order valence-corrected chi connectivity index (χ2v) is 8.79. The lowest BCUT2D eigenvalue weighted by Crippen LogP contribution is -2.44. The lowest BCUT2D eigenvalue weighted by molar-refractivity contribution is 0.313. The third kappa shape index (κ3) is 4.53. The summed E-state index contributed by atoms with van der Waals surface area (Å²) in [6.45, 7) is 13.3. The summed E-state index contributed by atoms with van der Waals surface area (Å²) in [5.74, 6) is -1.48. The normalized spacial score (nSPS) is 15.4. The maximum Gasteiger partial charge on any atom is 0.288 e. The number of benzene rings is 2. The molecule has 2 heterocycles. The van der Waals surface area contributed by atoms with Gasteiger partial charge < -0.3 is 19.9 Å². The fourth-order valence-corrected chi connectivity index (χ4v) is 4.36. The summed E-state index contributed by atoms with van der Waals surface area (Å²) in [7, 11) is 2.11. The van der Waals surface area contributed by atoms with Crippen LogP contribution in [0.3, 0.4) is 0 Å². The van der Waals surface area contributed by atoms with E-state index in [1.807, 2.05) is 31.2 Å². The molecule has 0 radical (unpaired) electrons. The number of likely N-dealkylation sites (N-methyl/N-ethyl adjacent to an activating group) is 1. The Labute approximate surface area is 202 Å². The zero-order chi connectivity index (χ0) is 24.5. The topological polar surface area (TPSA) is 57.9 Å². The van der Waals surface area contributed by atoms with Crippen LogP contribution in [-0.2, 0) is 6.42 Å². The fourth-order valence-electron chi connectivity index (χ4n) is 4.36. The molecule has 3 aromatic rings. The van der Waals surface area contributed by atoms with E-state index < -0.39 is 11.6 Å². The average Bonchev–Trinajstić information content (AvgIpc) is 3.26. The van der Waals surface area contributed by atoms with Crippen molar-refractivity contribution >= 4 is 29.0 Å². The Hall–Kier alpha value is -4.03. The number of ether oxygens (including phenoxy) is 1. The van der Waals surface area contributed by atoms with Crippen LogP contribution in [0.4, 0.5) is 31.7 Å². The molecule has 7 nitrogen and oxygen atoms in total. The summed E-state index contributed by atoms with van der Waals surface area (Å²) in [6.07, 6.45) is 3.19. The molecule has 0 spiro atoms. The van der Waals surface area contributed by atoms with Gasteiger partial charge in [-0.3, -0.25) is 0 Å². The minimum Gasteiger partial charge on any atom is -0.446 e. The Morgan fingerprint density at radius 1 is 1.11 bits per heavy atom. The largest absolute Gasteiger partial charge is 0.446 e. The number of hydrogen-bond acceptors (Lipinski definition) is 6. The molecule has 2 aromatic carbocycles. The zero-order valence-corrected chi connectivity index (χ0v) is 19.5. The van der Waals surface area contributed by atoms with Crippen molar-refractivity contribution in [2.45, 2.75) is 13.3 Å². The number of rotatable bonds is 5. The molecule has 5 rings (SSSR count). The third-order valence-electron chi connectivity index (χ3n) is 6.25. The number of halogens is 2. The first kappa shape index (κ1) is 22.7. The SMILES string of the molecule is [C-]#[N+]c1c(Nc2cccc(N3CCN(C)CC3)c2)ncnc1Oc1cc(F)c2c(c1F)C=C(C)C2. The van der Waals surface area contributed by atoms with E-state index in [0.29, 0.717) is 12.0 Å². The van der Waals surface area contributed by atoms with Crippen molar-refractivity contribution in [3.8, 4) is 11.6 Å². The lowest BCUT2D eigenvalue weighted by Gasteiger charge is -2.34. The first-order valence-corrected chi connectivity index (χ1v) is 11.3. The minimum absolute atomic E-state index is 0.0236. The van der Waals surface area contributed by atoms with E-state index in [9.17, 15) is 4.39 Å². The number of fused-ring (bicyclic) bond motifs is 1. The number of aromatic nitrogens is 2. The molecule has 0 bridgehead atoms. The van der Waals surface area contributed by atoms with E-state index in [1.54, 1.807) is 6.08 Å². The highest BCUT2D eigenvalue weighted by atomic mass is 19.1. The Morgan fingerprint density at radius 2 is 1.91 bits per heavy atom. The van der Waals surface area contributed by atoms with E-state index in [0.717, 1.165) is 49.2 Å². The van der Waals surface area contributed by atoms with Gasteiger partial charge in [-0.25, -0.2) is 23.6 Å². The molecule has 0 unspecified atom stereocenters. The molecule has 35 heavy (non-hydrogen) atoms. The van der Waals surface area contributed by atoms with Crippen LogP contribution in [-0.4, -0.2) is 48.1 Å². The van der Waals surface area contributed by atoms with Gasteiger partial charge in [0, 0.05) is 54.7 Å². The molecule has 0 saturated carbocycles. The molecule has 9 heteroatoms. The molecule has 1 N–H and O–H groups in total. The van der Waals surface area contributed by atoms with E-state index in [4.69, 9.17) is 11.3 Å². The van der Waals surface area contributed by atoms with E-state index in [2.05, 4.69) is 37.0 Å². The number of allylic oxidation sites excluding steroid dienone is 1. The van der Waals surface area contributed by atoms with Crippen molar-refractivity contribution < 1.29 is 13.5 Å². The molecule has 1 aliphatic carbocycles. The van der Waals surface area contributed by atoms with Gasteiger partial charge in [0.1, 0.15) is 18.0 Å². The van der Waals surface area contributed by atoms with Crippen LogP contribution in [0.2, 0.25) is 0 Å². The monoisotopic (exact) mass is 474 g/mol. The third-order valence-corrected chi connectivity index (χ3v) is 6.25. The fraction of sp³-hybridized carbons (Fsp3) is 0.269. The second kappa shape index (κ2) is 9.31. The molecule has 1 aliphatic heterocycles. The van der Waals surface area contributed by atoms with Crippen molar-refractivity contribution in [2.75, 3.05) is 43.4 Å². The molecule has 2 aliphatic rings. The van der Waals surface area contributed by atoms with Gasteiger partial charge in [-0.1, -0.05) is 17.7 Å². The maximum absolute atomic E-state index is 15.1. The summed E-state index contributed by atoms with van der Waals surface area (Å²) in [5.41, 5.74) is 3.13. The van der Waals surface area contributed by atoms with Gasteiger partial charge in [-0.2, -0.15) is 0 Å². The molecular weight excluding hydrogens is 450 g/mol. The van der Waals surface area contributed by atoms with Gasteiger partial charge in [0.15, 0.2) is 11.6 Å². The Morgan fingerprint density at radius 3 is 2.69 bits per heavy atom. The van der Waals surface area contributed by atoms with Gasteiger partial charge in [-0.05, 0) is 38.6 Å². The van der Waals surface area contributed by atoms with Gasteiger partial charge in [0.05, 0.1) is 6.57 Å². The van der Waals surface area contributed by atoms with Crippen LogP contribution in [0.25, 0.3) is 10.9 Å². The highest BCUT2D eigenvalue weighted by molar-refractivity contribution is 5.77. The van der Waals surface area contributed by atoms with E-state index in [-0.39, 0.29) is 28.7 Å². The first-order valence-electron chi connectivity index (χ1n) is 11.3. The summed E-state index contributed by atoms with van der Waals surface area (Å²) < 4.78 is 35.3. The number of hydrogen-bond donors (Lipinski definition) is 1. The van der Waals surface area contributed by atoms with Gasteiger partial charge in [0.2, 0.25) is 5.88 Å². The van der Waals surface area contributed by atoms with Crippen molar-refractivity contribution in [1.82, 2.24) is 14.9 Å². The van der Waals surface area contributed by atoms with E-state index in [1.165, 1.54) is 6.33 Å². The predicted molar refractivity (Wildman–Crippen MR) is 132 cm³/mol. The van der Waals surface area contributed by atoms with Crippen LogP contribution in [0, 0.1) is 18.2 Å². The van der Waals surface area contributed by atoms with Crippen LogP contribution in [0.15, 0.2) is 42.2 Å². The molecule has 178 valence electrons. The molecule has 1 fully saturated rings. The molecule has 1 aromatic heterocycles. The summed E-state index contributed by atoms with van der Waals surface area (Å²) >= 11 is 0. The average molecular weight is 475 g/mol. The highest BCUT2D eigenvalue weighted by Crippen LogP contribution is 2.40. The van der Waals surface area contributed by atoms with Crippen molar-refractivity contribution in [3.63, 3.8) is 0 Å². The summed E-state index contributed by atoms with van der Waals surface area (Å²) in [4.78, 5) is 16.3. The summed E-state index contributed by atoms with van der Waals surface area (Å²) in [6, 6.07) is 8.85. The number of nitrogens with one attached hydrogen (secondary N) is 1. The van der Waals surface area contributed by atoms with Gasteiger partial charge >= 0.3 is 0 Å². The van der Waals surface area contributed by atoms with Crippen LogP contribution in [0.5, 0.6) is 11.6 Å². The van der Waals surface area contributed by atoms with E-state index >= 15 is 4.39 Å². The highest BCUT2D eigenvalue weighted by Gasteiger charge is 2.24. The predicted octanol–water partition coefficient (Wildman–Crippen LogP) is 5.55. The van der Waals surface area contributed by atoms with Gasteiger partial charge in [0.25, 0.3) is 5.69 Å².